The zero-order chi connectivity index (χ0) is 19.3. The predicted octanol–water partition coefficient (Wildman–Crippen LogP) is 2.25. The molecule has 0 unspecified atom stereocenters. The highest BCUT2D eigenvalue weighted by Gasteiger charge is 2.30. The molecule has 1 saturated heterocycles. The van der Waals surface area contributed by atoms with Crippen LogP contribution in [0.4, 0.5) is 0 Å². The zero-order valence-corrected chi connectivity index (χ0v) is 16.9. The molecule has 0 bridgehead atoms. The Morgan fingerprint density at radius 2 is 1.92 bits per heavy atom. The maximum atomic E-state index is 12.4. The third kappa shape index (κ3) is 5.45. The summed E-state index contributed by atoms with van der Waals surface area (Å²) in [4.78, 5) is 12.4. The van der Waals surface area contributed by atoms with Crippen molar-refractivity contribution in [2.75, 3.05) is 25.4 Å². The second kappa shape index (κ2) is 8.86. The lowest BCUT2D eigenvalue weighted by atomic mass is 9.97. The number of amides is 1. The van der Waals surface area contributed by atoms with Gasteiger partial charge in [-0.2, -0.15) is 0 Å². The fraction of sp³-hybridized carbons (Fsp3) is 0.632. The van der Waals surface area contributed by atoms with Crippen molar-refractivity contribution < 1.29 is 17.9 Å². The monoisotopic (exact) mass is 382 g/mol. The number of benzene rings is 1. The van der Waals surface area contributed by atoms with Crippen LogP contribution in [-0.4, -0.2) is 50.1 Å². The number of sulfonamides is 1. The van der Waals surface area contributed by atoms with Gasteiger partial charge in [0, 0.05) is 19.0 Å². The quantitative estimate of drug-likeness (QED) is 0.785. The largest absolute Gasteiger partial charge is 0.491 e. The highest BCUT2D eigenvalue weighted by Crippen LogP contribution is 2.20. The van der Waals surface area contributed by atoms with Crippen LogP contribution in [0.1, 0.15) is 37.8 Å². The molecule has 1 amide bonds. The van der Waals surface area contributed by atoms with Crippen LogP contribution >= 0.6 is 0 Å². The molecule has 1 aromatic rings. The normalized spacial score (nSPS) is 17.7. The van der Waals surface area contributed by atoms with Gasteiger partial charge >= 0.3 is 0 Å². The van der Waals surface area contributed by atoms with E-state index in [-0.39, 0.29) is 23.6 Å². The average molecular weight is 383 g/mol. The van der Waals surface area contributed by atoms with E-state index in [4.69, 9.17) is 4.74 Å². The van der Waals surface area contributed by atoms with Gasteiger partial charge in [-0.3, -0.25) is 4.79 Å². The van der Waals surface area contributed by atoms with Crippen LogP contribution in [0.5, 0.6) is 5.75 Å². The van der Waals surface area contributed by atoms with Gasteiger partial charge in [0.2, 0.25) is 15.9 Å². The molecule has 1 N–H and O–H groups in total. The van der Waals surface area contributed by atoms with Gasteiger partial charge < -0.3 is 10.1 Å². The van der Waals surface area contributed by atoms with Crippen molar-refractivity contribution in [3.05, 3.63) is 29.3 Å². The number of rotatable bonds is 7. The summed E-state index contributed by atoms with van der Waals surface area (Å²) in [5.41, 5.74) is 2.39. The van der Waals surface area contributed by atoms with Crippen LogP contribution in [-0.2, 0) is 14.8 Å². The van der Waals surface area contributed by atoms with Crippen LogP contribution in [0, 0.1) is 19.8 Å². The first-order valence-electron chi connectivity index (χ1n) is 9.21. The van der Waals surface area contributed by atoms with Crippen LogP contribution < -0.4 is 10.1 Å². The fourth-order valence-corrected chi connectivity index (χ4v) is 4.14. The minimum atomic E-state index is -3.16. The van der Waals surface area contributed by atoms with Crippen molar-refractivity contribution in [3.63, 3.8) is 0 Å². The van der Waals surface area contributed by atoms with E-state index in [0.717, 1.165) is 5.75 Å². The van der Waals surface area contributed by atoms with E-state index in [2.05, 4.69) is 12.2 Å². The molecule has 7 heteroatoms. The maximum absolute atomic E-state index is 12.4. The highest BCUT2D eigenvalue weighted by atomic mass is 32.2. The van der Waals surface area contributed by atoms with Gasteiger partial charge in [0.1, 0.15) is 12.4 Å². The van der Waals surface area contributed by atoms with Crippen LogP contribution in [0.25, 0.3) is 0 Å². The van der Waals surface area contributed by atoms with Gasteiger partial charge in [-0.15, -0.1) is 0 Å². The molecule has 1 heterocycles. The Labute approximate surface area is 157 Å². The van der Waals surface area contributed by atoms with E-state index in [1.807, 2.05) is 32.0 Å². The summed E-state index contributed by atoms with van der Waals surface area (Å²) in [6.07, 6.45) is 1.13. The lowest BCUT2D eigenvalue weighted by molar-refractivity contribution is -0.126. The topological polar surface area (TPSA) is 75.7 Å². The molecule has 1 aromatic carbocycles. The number of carbonyl (C=O) groups excluding carboxylic acids is 1. The van der Waals surface area contributed by atoms with Gasteiger partial charge in [0.05, 0.1) is 11.8 Å². The summed E-state index contributed by atoms with van der Waals surface area (Å²) >= 11 is 0. The Kier molecular flexibility index (Phi) is 7.06. The van der Waals surface area contributed by atoms with Crippen molar-refractivity contribution in [2.45, 2.75) is 46.6 Å². The Bertz CT molecular complexity index is 725. The molecule has 0 aliphatic carbocycles. The molecular weight excluding hydrogens is 352 g/mol. The number of nitrogens with zero attached hydrogens (tertiary/aromatic N) is 1. The van der Waals surface area contributed by atoms with Crippen molar-refractivity contribution in [2.24, 2.45) is 5.92 Å². The predicted molar refractivity (Wildman–Crippen MR) is 103 cm³/mol. The minimum Gasteiger partial charge on any atom is -0.491 e. The standard InChI is InChI=1S/C19H30N2O4S/c1-5-26(23,24)21-10-8-17(9-11-21)19(22)20-16(4)13-25-18-7-6-14(2)15(3)12-18/h6-7,12,16-17H,5,8-11,13H2,1-4H3,(H,20,22)/t16-/m1/s1. The number of piperidine rings is 1. The number of hydrogen-bond donors (Lipinski definition) is 1. The van der Waals surface area contributed by atoms with Crippen LogP contribution in [0.2, 0.25) is 0 Å². The van der Waals surface area contributed by atoms with E-state index in [9.17, 15) is 13.2 Å². The first-order valence-corrected chi connectivity index (χ1v) is 10.8. The van der Waals surface area contributed by atoms with Crippen molar-refractivity contribution in [1.29, 1.82) is 0 Å². The molecule has 2 rings (SSSR count). The molecule has 146 valence electrons. The molecule has 0 aromatic heterocycles. The second-order valence-electron chi connectivity index (χ2n) is 7.04. The van der Waals surface area contributed by atoms with Crippen molar-refractivity contribution in [1.82, 2.24) is 9.62 Å². The van der Waals surface area contributed by atoms with E-state index in [1.54, 1.807) is 6.92 Å². The number of ether oxygens (including phenoxy) is 1. The minimum absolute atomic E-state index is 0.0188. The molecule has 0 saturated carbocycles. The number of hydrogen-bond acceptors (Lipinski definition) is 4. The van der Waals surface area contributed by atoms with Crippen molar-refractivity contribution >= 4 is 15.9 Å². The van der Waals surface area contributed by atoms with Crippen LogP contribution in [0.15, 0.2) is 18.2 Å². The van der Waals surface area contributed by atoms with Gasteiger partial charge in [-0.25, -0.2) is 12.7 Å². The Morgan fingerprint density at radius 3 is 2.50 bits per heavy atom. The van der Waals surface area contributed by atoms with Crippen LogP contribution in [0.3, 0.4) is 0 Å². The van der Waals surface area contributed by atoms with Gasteiger partial charge in [-0.1, -0.05) is 6.07 Å². The van der Waals surface area contributed by atoms with Gasteiger partial charge in [0.15, 0.2) is 0 Å². The first kappa shape index (κ1) is 20.7. The molecule has 1 atom stereocenters. The summed E-state index contributed by atoms with van der Waals surface area (Å²) < 4.78 is 31.0. The number of carbonyl (C=O) groups is 1. The third-order valence-corrected chi connectivity index (χ3v) is 6.83. The summed E-state index contributed by atoms with van der Waals surface area (Å²) in [5.74, 6) is 0.751. The fourth-order valence-electron chi connectivity index (χ4n) is 3.01. The van der Waals surface area contributed by atoms with E-state index >= 15 is 0 Å². The summed E-state index contributed by atoms with van der Waals surface area (Å²) in [6.45, 7) is 8.89. The maximum Gasteiger partial charge on any atom is 0.223 e. The van der Waals surface area contributed by atoms with Crippen molar-refractivity contribution in [3.8, 4) is 5.75 Å². The first-order chi connectivity index (χ1) is 12.2. The van der Waals surface area contributed by atoms with Gasteiger partial charge in [-0.05, 0) is 63.8 Å². The smallest absolute Gasteiger partial charge is 0.223 e. The number of nitrogens with one attached hydrogen (secondary N) is 1. The van der Waals surface area contributed by atoms with E-state index in [0.29, 0.717) is 32.5 Å². The summed E-state index contributed by atoms with van der Waals surface area (Å²) in [7, 11) is -3.16. The number of aryl methyl sites for hydroxylation is 2. The van der Waals surface area contributed by atoms with Gasteiger partial charge in [0.25, 0.3) is 0 Å². The Morgan fingerprint density at radius 1 is 1.27 bits per heavy atom. The molecule has 6 nitrogen and oxygen atoms in total. The summed E-state index contributed by atoms with van der Waals surface area (Å²) in [6, 6.07) is 5.84. The zero-order valence-electron chi connectivity index (χ0n) is 16.1. The molecule has 0 radical (unpaired) electrons. The molecule has 1 aliphatic heterocycles. The van der Waals surface area contributed by atoms with E-state index < -0.39 is 10.0 Å². The van der Waals surface area contributed by atoms with E-state index in [1.165, 1.54) is 15.4 Å². The molecule has 1 aliphatic rings. The Balaban J connectivity index is 1.78. The summed E-state index contributed by atoms with van der Waals surface area (Å²) in [5, 5.41) is 2.98. The Hall–Kier alpha value is -1.60. The highest BCUT2D eigenvalue weighted by molar-refractivity contribution is 7.89. The average Bonchev–Trinajstić information content (AvgIpc) is 2.62. The molecule has 0 spiro atoms. The molecule has 26 heavy (non-hydrogen) atoms. The third-order valence-electron chi connectivity index (χ3n) is 4.95. The lowest BCUT2D eigenvalue weighted by Crippen LogP contribution is -2.46. The molecular formula is C19H30N2O4S. The second-order valence-corrected chi connectivity index (χ2v) is 9.30. The molecule has 1 fully saturated rings. The SMILES string of the molecule is CCS(=O)(=O)N1CCC(C(=O)N[C@H](C)COc2ccc(C)c(C)c2)CC1. The lowest BCUT2D eigenvalue weighted by Gasteiger charge is -2.30.